The molecule has 0 bridgehead atoms. The second-order valence-electron chi connectivity index (χ2n) is 5.64. The van der Waals surface area contributed by atoms with Gasteiger partial charge in [0.2, 0.25) is 0 Å². The molecule has 0 fully saturated rings. The normalized spacial score (nSPS) is 11.4. The lowest BCUT2D eigenvalue weighted by molar-refractivity contribution is -0.139. The first-order valence-electron chi connectivity index (χ1n) is 7.86. The van der Waals surface area contributed by atoms with Gasteiger partial charge in [-0.15, -0.1) is 0 Å². The van der Waals surface area contributed by atoms with Crippen LogP contribution in [0.1, 0.15) is 22.8 Å². The van der Waals surface area contributed by atoms with E-state index in [9.17, 15) is 9.59 Å². The zero-order valence-corrected chi connectivity index (χ0v) is 14.2. The number of hydrogen-bond acceptors (Lipinski definition) is 4. The highest BCUT2D eigenvalue weighted by molar-refractivity contribution is 5.94. The fourth-order valence-corrected chi connectivity index (χ4v) is 2.38. The van der Waals surface area contributed by atoms with E-state index in [1.165, 1.54) is 6.07 Å². The van der Waals surface area contributed by atoms with E-state index in [0.29, 0.717) is 17.7 Å². The predicted molar refractivity (Wildman–Crippen MR) is 93.2 cm³/mol. The molecule has 0 saturated heterocycles. The number of hydrogen-bond donors (Lipinski definition) is 2. The van der Waals surface area contributed by atoms with Gasteiger partial charge < -0.3 is 19.9 Å². The molecule has 6 nitrogen and oxygen atoms in total. The van der Waals surface area contributed by atoms with Crippen LogP contribution in [-0.4, -0.2) is 36.7 Å². The van der Waals surface area contributed by atoms with Crippen molar-refractivity contribution in [1.82, 2.24) is 5.32 Å². The molecule has 2 aromatic rings. The lowest BCUT2D eigenvalue weighted by Crippen LogP contribution is -2.34. The van der Waals surface area contributed by atoms with Gasteiger partial charge in [0.05, 0.1) is 7.11 Å². The van der Waals surface area contributed by atoms with Crippen LogP contribution in [-0.2, 0) is 11.2 Å². The van der Waals surface area contributed by atoms with Crippen LogP contribution in [0.15, 0.2) is 48.5 Å². The van der Waals surface area contributed by atoms with E-state index in [2.05, 4.69) is 5.32 Å². The van der Waals surface area contributed by atoms with Crippen molar-refractivity contribution >= 4 is 11.9 Å². The number of carbonyl (C=O) groups excluding carboxylic acids is 1. The number of rotatable bonds is 8. The number of amides is 1. The molecular weight excluding hydrogens is 322 g/mol. The SMILES string of the molecule is COc1cccc(CC(C)NC(=O)c2cccc(OCC(=O)O)c2)c1. The Bertz CT molecular complexity index is 744. The van der Waals surface area contributed by atoms with Crippen LogP contribution in [0, 0.1) is 0 Å². The van der Waals surface area contributed by atoms with E-state index < -0.39 is 12.6 Å². The molecule has 1 amide bonds. The number of aliphatic carboxylic acids is 1. The highest BCUT2D eigenvalue weighted by atomic mass is 16.5. The van der Waals surface area contributed by atoms with Crippen molar-refractivity contribution < 1.29 is 24.2 Å². The molecule has 0 aromatic heterocycles. The highest BCUT2D eigenvalue weighted by Gasteiger charge is 2.12. The molecule has 132 valence electrons. The Labute approximate surface area is 146 Å². The van der Waals surface area contributed by atoms with Crippen molar-refractivity contribution in [2.24, 2.45) is 0 Å². The third-order valence-electron chi connectivity index (χ3n) is 3.51. The Morgan fingerprint density at radius 3 is 2.56 bits per heavy atom. The average molecular weight is 343 g/mol. The molecule has 2 rings (SSSR count). The fourth-order valence-electron chi connectivity index (χ4n) is 2.38. The third kappa shape index (κ3) is 5.84. The van der Waals surface area contributed by atoms with E-state index >= 15 is 0 Å². The summed E-state index contributed by atoms with van der Waals surface area (Å²) in [5.74, 6) is -0.187. The van der Waals surface area contributed by atoms with Crippen molar-refractivity contribution in [2.45, 2.75) is 19.4 Å². The van der Waals surface area contributed by atoms with Crippen molar-refractivity contribution in [3.63, 3.8) is 0 Å². The van der Waals surface area contributed by atoms with Gasteiger partial charge in [0.25, 0.3) is 5.91 Å². The number of nitrogens with one attached hydrogen (secondary N) is 1. The predicted octanol–water partition coefficient (Wildman–Crippen LogP) is 2.52. The van der Waals surface area contributed by atoms with Crippen molar-refractivity contribution in [2.75, 3.05) is 13.7 Å². The second-order valence-corrected chi connectivity index (χ2v) is 5.64. The van der Waals surface area contributed by atoms with Gasteiger partial charge in [0, 0.05) is 11.6 Å². The molecule has 1 unspecified atom stereocenters. The largest absolute Gasteiger partial charge is 0.497 e. The van der Waals surface area contributed by atoms with E-state index in [-0.39, 0.29) is 11.9 Å². The molecule has 0 spiro atoms. The molecule has 0 aliphatic rings. The van der Waals surface area contributed by atoms with E-state index in [1.54, 1.807) is 25.3 Å². The summed E-state index contributed by atoms with van der Waals surface area (Å²) < 4.78 is 10.3. The third-order valence-corrected chi connectivity index (χ3v) is 3.51. The van der Waals surface area contributed by atoms with Crippen molar-refractivity contribution in [3.05, 3.63) is 59.7 Å². The van der Waals surface area contributed by atoms with Crippen LogP contribution >= 0.6 is 0 Å². The maximum Gasteiger partial charge on any atom is 0.341 e. The monoisotopic (exact) mass is 343 g/mol. The summed E-state index contributed by atoms with van der Waals surface area (Å²) in [7, 11) is 1.61. The van der Waals surface area contributed by atoms with Crippen LogP contribution in [0.4, 0.5) is 0 Å². The number of carbonyl (C=O) groups is 2. The molecule has 0 heterocycles. The average Bonchev–Trinajstić information content (AvgIpc) is 2.60. The summed E-state index contributed by atoms with van der Waals surface area (Å²) in [6.07, 6.45) is 0.665. The maximum atomic E-state index is 12.4. The van der Waals surface area contributed by atoms with Gasteiger partial charge in [-0.2, -0.15) is 0 Å². The lowest BCUT2D eigenvalue weighted by atomic mass is 10.1. The molecule has 1 atom stereocenters. The van der Waals surface area contributed by atoms with Crippen LogP contribution < -0.4 is 14.8 Å². The number of benzene rings is 2. The van der Waals surface area contributed by atoms with Crippen LogP contribution in [0.25, 0.3) is 0 Å². The topological polar surface area (TPSA) is 84.9 Å². The van der Waals surface area contributed by atoms with Crippen LogP contribution in [0.3, 0.4) is 0 Å². The molecule has 0 saturated carbocycles. The molecular formula is C19H21NO5. The number of carboxylic acids is 1. The Morgan fingerprint density at radius 2 is 1.84 bits per heavy atom. The summed E-state index contributed by atoms with van der Waals surface area (Å²) in [6.45, 7) is 1.47. The van der Waals surface area contributed by atoms with Gasteiger partial charge in [0.15, 0.2) is 6.61 Å². The first kappa shape index (κ1) is 18.3. The summed E-state index contributed by atoms with van der Waals surface area (Å²) in [4.78, 5) is 22.9. The molecule has 0 radical (unpaired) electrons. The minimum absolute atomic E-state index is 0.0804. The fraction of sp³-hybridized carbons (Fsp3) is 0.263. The smallest absolute Gasteiger partial charge is 0.341 e. The van der Waals surface area contributed by atoms with E-state index in [4.69, 9.17) is 14.6 Å². The lowest BCUT2D eigenvalue weighted by Gasteiger charge is -2.15. The molecule has 2 aromatic carbocycles. The standard InChI is InChI=1S/C19H21NO5/c1-13(9-14-5-3-7-16(10-14)24-2)20-19(23)15-6-4-8-17(11-15)25-12-18(21)22/h3-8,10-11,13H,9,12H2,1-2H3,(H,20,23)(H,21,22). The number of carboxylic acid groups (broad SMARTS) is 1. The van der Waals surface area contributed by atoms with Gasteiger partial charge >= 0.3 is 5.97 Å². The van der Waals surface area contributed by atoms with Gasteiger partial charge in [0.1, 0.15) is 11.5 Å². The molecule has 0 aliphatic heterocycles. The number of methoxy groups -OCH3 is 1. The van der Waals surface area contributed by atoms with Crippen molar-refractivity contribution in [3.8, 4) is 11.5 Å². The maximum absolute atomic E-state index is 12.4. The highest BCUT2D eigenvalue weighted by Crippen LogP contribution is 2.15. The van der Waals surface area contributed by atoms with Gasteiger partial charge in [-0.1, -0.05) is 18.2 Å². The van der Waals surface area contributed by atoms with Gasteiger partial charge in [-0.05, 0) is 49.2 Å². The first-order valence-corrected chi connectivity index (χ1v) is 7.86. The van der Waals surface area contributed by atoms with Gasteiger partial charge in [-0.3, -0.25) is 4.79 Å². The zero-order chi connectivity index (χ0) is 18.2. The minimum atomic E-state index is -1.07. The Kier molecular flexibility index (Phi) is 6.39. The van der Waals surface area contributed by atoms with Crippen LogP contribution in [0.2, 0.25) is 0 Å². The Morgan fingerprint density at radius 1 is 1.12 bits per heavy atom. The second kappa shape index (κ2) is 8.73. The Hall–Kier alpha value is -3.02. The summed E-state index contributed by atoms with van der Waals surface area (Å²) >= 11 is 0. The van der Waals surface area contributed by atoms with E-state index in [1.807, 2.05) is 31.2 Å². The first-order chi connectivity index (χ1) is 12.0. The molecule has 0 aliphatic carbocycles. The molecule has 25 heavy (non-hydrogen) atoms. The van der Waals surface area contributed by atoms with Crippen molar-refractivity contribution in [1.29, 1.82) is 0 Å². The summed E-state index contributed by atoms with van der Waals surface area (Å²) in [6, 6.07) is 14.1. The number of ether oxygens (including phenoxy) is 2. The molecule has 6 heteroatoms. The summed E-state index contributed by atoms with van der Waals surface area (Å²) in [5, 5.41) is 11.6. The quantitative estimate of drug-likeness (QED) is 0.769. The van der Waals surface area contributed by atoms with Gasteiger partial charge in [-0.25, -0.2) is 4.79 Å². The minimum Gasteiger partial charge on any atom is -0.497 e. The molecule has 2 N–H and O–H groups in total. The van der Waals surface area contributed by atoms with E-state index in [0.717, 1.165) is 11.3 Å². The Balaban J connectivity index is 1.96. The van der Waals surface area contributed by atoms with Crippen LogP contribution in [0.5, 0.6) is 11.5 Å². The zero-order valence-electron chi connectivity index (χ0n) is 14.2. The summed E-state index contributed by atoms with van der Waals surface area (Å²) in [5.41, 5.74) is 1.48.